The van der Waals surface area contributed by atoms with Crippen molar-refractivity contribution in [2.45, 2.75) is 0 Å². The third-order valence-corrected chi connectivity index (χ3v) is 4.30. The van der Waals surface area contributed by atoms with E-state index < -0.39 is 0 Å². The zero-order valence-electron chi connectivity index (χ0n) is 13.3. The van der Waals surface area contributed by atoms with E-state index in [9.17, 15) is 4.79 Å². The first kappa shape index (κ1) is 16.0. The maximum Gasteiger partial charge on any atom is 0.250 e. The second-order valence-corrected chi connectivity index (χ2v) is 5.98. The third kappa shape index (κ3) is 3.72. The molecule has 0 aliphatic carbocycles. The van der Waals surface area contributed by atoms with E-state index >= 15 is 0 Å². The summed E-state index contributed by atoms with van der Waals surface area (Å²) in [4.78, 5) is 16.4. The Balaban J connectivity index is 1.68. The Morgan fingerprint density at radius 2 is 1.79 bits per heavy atom. The highest BCUT2D eigenvalue weighted by atomic mass is 32.1. The topological polar surface area (TPSA) is 60.5 Å². The lowest BCUT2D eigenvalue weighted by atomic mass is 10.2. The van der Waals surface area contributed by atoms with Gasteiger partial charge in [-0.2, -0.15) is 0 Å². The van der Waals surface area contributed by atoms with Crippen LogP contribution in [0.3, 0.4) is 0 Å². The van der Waals surface area contributed by atoms with E-state index in [1.54, 1.807) is 20.3 Å². The Morgan fingerprint density at radius 3 is 2.50 bits per heavy atom. The molecule has 0 saturated carbocycles. The Hall–Kier alpha value is -2.86. The van der Waals surface area contributed by atoms with Gasteiger partial charge in [-0.05, 0) is 42.0 Å². The number of nitrogens with one attached hydrogen (secondary N) is 1. The van der Waals surface area contributed by atoms with Crippen molar-refractivity contribution in [3.8, 4) is 11.5 Å². The number of methoxy groups -OCH3 is 2. The molecular weight excluding hydrogens is 324 g/mol. The third-order valence-electron chi connectivity index (χ3n) is 3.37. The van der Waals surface area contributed by atoms with E-state index in [1.165, 1.54) is 17.4 Å². The van der Waals surface area contributed by atoms with Crippen molar-refractivity contribution in [2.24, 2.45) is 0 Å². The molecule has 0 aliphatic rings. The molecule has 0 atom stereocenters. The lowest BCUT2D eigenvalue weighted by Crippen LogP contribution is -2.07. The summed E-state index contributed by atoms with van der Waals surface area (Å²) in [5.74, 6) is 1.32. The Morgan fingerprint density at radius 1 is 1.08 bits per heavy atom. The van der Waals surface area contributed by atoms with Gasteiger partial charge in [-0.25, -0.2) is 4.98 Å². The SMILES string of the molecule is COc1ccc(/C=C/C(=O)Nc2nc3ccc(OC)cc3s2)cc1. The van der Waals surface area contributed by atoms with Crippen LogP contribution in [0, 0.1) is 0 Å². The molecule has 2 aromatic carbocycles. The predicted molar refractivity (Wildman–Crippen MR) is 96.8 cm³/mol. The average molecular weight is 340 g/mol. The molecule has 3 aromatic rings. The number of hydrogen-bond donors (Lipinski definition) is 1. The number of ether oxygens (including phenoxy) is 2. The van der Waals surface area contributed by atoms with Crippen LogP contribution < -0.4 is 14.8 Å². The van der Waals surface area contributed by atoms with E-state index in [1.807, 2.05) is 42.5 Å². The monoisotopic (exact) mass is 340 g/mol. The zero-order chi connectivity index (χ0) is 16.9. The second-order valence-electron chi connectivity index (χ2n) is 4.95. The number of fused-ring (bicyclic) bond motifs is 1. The highest BCUT2D eigenvalue weighted by molar-refractivity contribution is 7.22. The molecule has 1 heterocycles. The first-order chi connectivity index (χ1) is 11.7. The maximum absolute atomic E-state index is 12.0. The van der Waals surface area contributed by atoms with E-state index in [4.69, 9.17) is 9.47 Å². The van der Waals surface area contributed by atoms with Gasteiger partial charge in [0.15, 0.2) is 5.13 Å². The van der Waals surface area contributed by atoms with Crippen LogP contribution in [0.5, 0.6) is 11.5 Å². The van der Waals surface area contributed by atoms with E-state index in [0.717, 1.165) is 27.3 Å². The Bertz CT molecular complexity index is 885. The van der Waals surface area contributed by atoms with Crippen LogP contribution in [0.2, 0.25) is 0 Å². The lowest BCUT2D eigenvalue weighted by Gasteiger charge is -1.99. The first-order valence-corrected chi connectivity index (χ1v) is 8.07. The molecule has 0 bridgehead atoms. The van der Waals surface area contributed by atoms with Crippen molar-refractivity contribution in [3.63, 3.8) is 0 Å². The Labute approximate surface area is 143 Å². The normalized spacial score (nSPS) is 10.9. The standard InChI is InChI=1S/C18H16N2O3S/c1-22-13-6-3-12(4-7-13)5-10-17(21)20-18-19-15-9-8-14(23-2)11-16(15)24-18/h3-11H,1-2H3,(H,19,20,21)/b10-5+. The van der Waals surface area contributed by atoms with Crippen molar-refractivity contribution in [1.29, 1.82) is 0 Å². The summed E-state index contributed by atoms with van der Waals surface area (Å²) in [7, 11) is 3.24. The van der Waals surface area contributed by atoms with Crippen LogP contribution in [0.4, 0.5) is 5.13 Å². The maximum atomic E-state index is 12.0. The highest BCUT2D eigenvalue weighted by Gasteiger charge is 2.07. The van der Waals surface area contributed by atoms with Gasteiger partial charge in [-0.3, -0.25) is 10.1 Å². The van der Waals surface area contributed by atoms with Crippen molar-refractivity contribution >= 4 is 38.7 Å². The van der Waals surface area contributed by atoms with Gasteiger partial charge in [0.2, 0.25) is 5.91 Å². The van der Waals surface area contributed by atoms with Crippen LogP contribution >= 0.6 is 11.3 Å². The molecule has 24 heavy (non-hydrogen) atoms. The average Bonchev–Trinajstić information content (AvgIpc) is 3.01. The number of amides is 1. The summed E-state index contributed by atoms with van der Waals surface area (Å²) in [5.41, 5.74) is 1.75. The van der Waals surface area contributed by atoms with Crippen molar-refractivity contribution < 1.29 is 14.3 Å². The molecule has 6 heteroatoms. The predicted octanol–water partition coefficient (Wildman–Crippen LogP) is 3.97. The van der Waals surface area contributed by atoms with Gasteiger partial charge in [0.1, 0.15) is 11.5 Å². The molecule has 1 amide bonds. The summed E-state index contributed by atoms with van der Waals surface area (Å²) in [6.07, 6.45) is 3.22. The van der Waals surface area contributed by atoms with Gasteiger partial charge in [0, 0.05) is 6.08 Å². The molecule has 0 radical (unpaired) electrons. The second kappa shape index (κ2) is 7.14. The van der Waals surface area contributed by atoms with E-state index in [-0.39, 0.29) is 5.91 Å². The van der Waals surface area contributed by atoms with Gasteiger partial charge in [0.05, 0.1) is 24.4 Å². The number of nitrogens with zero attached hydrogens (tertiary/aromatic N) is 1. The molecule has 5 nitrogen and oxygen atoms in total. The van der Waals surface area contributed by atoms with Crippen LogP contribution in [-0.2, 0) is 4.79 Å². The fraction of sp³-hybridized carbons (Fsp3) is 0.111. The van der Waals surface area contributed by atoms with Crippen LogP contribution in [0.15, 0.2) is 48.5 Å². The number of carbonyl (C=O) groups is 1. The largest absolute Gasteiger partial charge is 0.497 e. The van der Waals surface area contributed by atoms with Gasteiger partial charge in [0.25, 0.3) is 0 Å². The molecule has 3 rings (SSSR count). The minimum Gasteiger partial charge on any atom is -0.497 e. The van der Waals surface area contributed by atoms with Gasteiger partial charge >= 0.3 is 0 Å². The smallest absolute Gasteiger partial charge is 0.250 e. The van der Waals surface area contributed by atoms with Crippen molar-refractivity contribution in [1.82, 2.24) is 4.98 Å². The molecular formula is C18H16N2O3S. The molecule has 1 N–H and O–H groups in total. The zero-order valence-corrected chi connectivity index (χ0v) is 14.1. The number of benzene rings is 2. The van der Waals surface area contributed by atoms with Crippen LogP contribution in [0.25, 0.3) is 16.3 Å². The molecule has 0 aliphatic heterocycles. The van der Waals surface area contributed by atoms with E-state index in [0.29, 0.717) is 5.13 Å². The number of aromatic nitrogens is 1. The quantitative estimate of drug-likeness (QED) is 0.714. The fourth-order valence-corrected chi connectivity index (χ4v) is 3.02. The summed E-state index contributed by atoms with van der Waals surface area (Å²) < 4.78 is 11.2. The number of carbonyl (C=O) groups excluding carboxylic acids is 1. The molecule has 0 spiro atoms. The van der Waals surface area contributed by atoms with Gasteiger partial charge in [-0.1, -0.05) is 23.5 Å². The van der Waals surface area contributed by atoms with E-state index in [2.05, 4.69) is 10.3 Å². The number of anilines is 1. The van der Waals surface area contributed by atoms with Crippen LogP contribution in [-0.4, -0.2) is 25.1 Å². The minimum atomic E-state index is -0.225. The van der Waals surface area contributed by atoms with Gasteiger partial charge in [-0.15, -0.1) is 0 Å². The molecule has 0 unspecified atom stereocenters. The Kier molecular flexibility index (Phi) is 4.77. The fourth-order valence-electron chi connectivity index (χ4n) is 2.12. The van der Waals surface area contributed by atoms with Crippen molar-refractivity contribution in [3.05, 3.63) is 54.1 Å². The number of hydrogen-bond acceptors (Lipinski definition) is 5. The summed E-state index contributed by atoms with van der Waals surface area (Å²) >= 11 is 1.41. The summed E-state index contributed by atoms with van der Waals surface area (Å²) in [6.45, 7) is 0. The van der Waals surface area contributed by atoms with Crippen molar-refractivity contribution in [2.75, 3.05) is 19.5 Å². The minimum absolute atomic E-state index is 0.225. The van der Waals surface area contributed by atoms with Crippen LogP contribution in [0.1, 0.15) is 5.56 Å². The first-order valence-electron chi connectivity index (χ1n) is 7.25. The highest BCUT2D eigenvalue weighted by Crippen LogP contribution is 2.29. The summed E-state index contributed by atoms with van der Waals surface area (Å²) in [6, 6.07) is 13.1. The molecule has 1 aromatic heterocycles. The number of rotatable bonds is 5. The number of thiazole rings is 1. The molecule has 0 saturated heterocycles. The summed E-state index contributed by atoms with van der Waals surface area (Å²) in [5, 5.41) is 3.34. The molecule has 122 valence electrons. The molecule has 0 fully saturated rings. The lowest BCUT2D eigenvalue weighted by molar-refractivity contribution is -0.111. The van der Waals surface area contributed by atoms with Gasteiger partial charge < -0.3 is 9.47 Å².